The predicted molar refractivity (Wildman–Crippen MR) is 71.0 cm³/mol. The van der Waals surface area contributed by atoms with E-state index in [4.69, 9.17) is 10.5 Å². The smallest absolute Gasteiger partial charge is 0.0674 e. The lowest BCUT2D eigenvalue weighted by molar-refractivity contribution is -0.0835. The van der Waals surface area contributed by atoms with Crippen LogP contribution in [0.5, 0.6) is 0 Å². The summed E-state index contributed by atoms with van der Waals surface area (Å²) in [6.45, 7) is 10.7. The van der Waals surface area contributed by atoms with Crippen LogP contribution in [-0.2, 0) is 4.74 Å². The van der Waals surface area contributed by atoms with Gasteiger partial charge < -0.3 is 10.5 Å². The molecule has 2 aliphatic rings. The first-order valence-corrected chi connectivity index (χ1v) is 7.04. The molecule has 2 N–H and O–H groups in total. The molecule has 2 rings (SSSR count). The van der Waals surface area contributed by atoms with Gasteiger partial charge in [0, 0.05) is 25.2 Å². The van der Waals surface area contributed by atoms with E-state index in [0.29, 0.717) is 11.5 Å². The summed E-state index contributed by atoms with van der Waals surface area (Å²) >= 11 is 0. The highest BCUT2D eigenvalue weighted by Gasteiger charge is 2.44. The van der Waals surface area contributed by atoms with Crippen LogP contribution in [0.15, 0.2) is 0 Å². The van der Waals surface area contributed by atoms with Crippen LogP contribution in [0.2, 0.25) is 0 Å². The monoisotopic (exact) mass is 240 g/mol. The molecule has 100 valence electrons. The highest BCUT2D eigenvalue weighted by molar-refractivity contribution is 5.00. The molecular weight excluding hydrogens is 212 g/mol. The predicted octanol–water partition coefficient (Wildman–Crippen LogP) is 2.00. The van der Waals surface area contributed by atoms with Crippen molar-refractivity contribution in [3.8, 4) is 0 Å². The fraction of sp³-hybridized carbons (Fsp3) is 1.00. The topological polar surface area (TPSA) is 38.5 Å². The molecule has 17 heavy (non-hydrogen) atoms. The summed E-state index contributed by atoms with van der Waals surface area (Å²) in [5.74, 6) is 0. The normalized spacial score (nSPS) is 39.2. The molecule has 0 aromatic carbocycles. The van der Waals surface area contributed by atoms with Crippen molar-refractivity contribution in [3.63, 3.8) is 0 Å². The average molecular weight is 240 g/mol. The third kappa shape index (κ3) is 2.83. The van der Waals surface area contributed by atoms with Crippen molar-refractivity contribution in [1.82, 2.24) is 4.90 Å². The summed E-state index contributed by atoms with van der Waals surface area (Å²) in [6, 6.07) is 0. The van der Waals surface area contributed by atoms with Crippen molar-refractivity contribution < 1.29 is 4.74 Å². The van der Waals surface area contributed by atoms with Gasteiger partial charge in [0.1, 0.15) is 0 Å². The number of ether oxygens (including phenoxy) is 1. The van der Waals surface area contributed by atoms with Gasteiger partial charge in [-0.25, -0.2) is 0 Å². The maximum absolute atomic E-state index is 6.15. The van der Waals surface area contributed by atoms with E-state index in [1.54, 1.807) is 0 Å². The minimum absolute atomic E-state index is 0.236. The summed E-state index contributed by atoms with van der Waals surface area (Å²) in [5.41, 5.74) is 6.83. The Morgan fingerprint density at radius 1 is 1.35 bits per heavy atom. The lowest BCUT2D eigenvalue weighted by Crippen LogP contribution is -2.61. The first kappa shape index (κ1) is 13.3. The van der Waals surface area contributed by atoms with Gasteiger partial charge in [-0.2, -0.15) is 0 Å². The molecule has 0 amide bonds. The van der Waals surface area contributed by atoms with Crippen LogP contribution in [0.25, 0.3) is 0 Å². The summed E-state index contributed by atoms with van der Waals surface area (Å²) in [5, 5.41) is 0. The Bertz CT molecular complexity index is 267. The van der Waals surface area contributed by atoms with Crippen molar-refractivity contribution in [2.24, 2.45) is 11.1 Å². The number of nitrogens with zero attached hydrogens (tertiary/aromatic N) is 1. The van der Waals surface area contributed by atoms with E-state index < -0.39 is 0 Å². The summed E-state index contributed by atoms with van der Waals surface area (Å²) < 4.78 is 5.66. The van der Waals surface area contributed by atoms with Crippen molar-refractivity contribution in [2.75, 3.05) is 26.2 Å². The Morgan fingerprint density at radius 2 is 2.12 bits per heavy atom. The summed E-state index contributed by atoms with van der Waals surface area (Å²) in [6.07, 6.45) is 5.52. The zero-order chi connectivity index (χ0) is 12.5. The van der Waals surface area contributed by atoms with E-state index in [9.17, 15) is 0 Å². The van der Waals surface area contributed by atoms with Crippen molar-refractivity contribution in [3.05, 3.63) is 0 Å². The molecule has 1 heterocycles. The number of morpholine rings is 1. The molecule has 3 nitrogen and oxygen atoms in total. The van der Waals surface area contributed by atoms with Crippen LogP contribution >= 0.6 is 0 Å². The third-order valence-electron chi connectivity index (χ3n) is 4.60. The summed E-state index contributed by atoms with van der Waals surface area (Å²) in [4.78, 5) is 2.61. The van der Waals surface area contributed by atoms with Gasteiger partial charge in [0.05, 0.1) is 12.7 Å². The fourth-order valence-corrected chi connectivity index (χ4v) is 3.79. The highest BCUT2D eigenvalue weighted by atomic mass is 16.5. The molecule has 2 unspecified atom stereocenters. The first-order valence-electron chi connectivity index (χ1n) is 7.04. The molecular formula is C14H28N2O. The largest absolute Gasteiger partial charge is 0.376 e. The Kier molecular flexibility index (Phi) is 3.81. The molecule has 0 aromatic rings. The van der Waals surface area contributed by atoms with Crippen LogP contribution in [-0.4, -0.2) is 42.8 Å². The van der Waals surface area contributed by atoms with Crippen molar-refractivity contribution in [1.29, 1.82) is 0 Å². The minimum atomic E-state index is 0.236. The molecule has 2 fully saturated rings. The van der Waals surface area contributed by atoms with Crippen LogP contribution in [0.3, 0.4) is 0 Å². The van der Waals surface area contributed by atoms with E-state index in [1.807, 2.05) is 0 Å². The second-order valence-corrected chi connectivity index (χ2v) is 6.75. The van der Waals surface area contributed by atoms with Crippen LogP contribution < -0.4 is 5.73 Å². The van der Waals surface area contributed by atoms with Gasteiger partial charge in [-0.3, -0.25) is 4.90 Å². The van der Waals surface area contributed by atoms with Gasteiger partial charge in [-0.15, -0.1) is 0 Å². The molecule has 1 saturated heterocycles. The van der Waals surface area contributed by atoms with Gasteiger partial charge in [0.25, 0.3) is 0 Å². The van der Waals surface area contributed by atoms with Gasteiger partial charge in [-0.05, 0) is 31.6 Å². The number of hydrogen-bond acceptors (Lipinski definition) is 3. The molecule has 3 heteroatoms. The second-order valence-electron chi connectivity index (χ2n) is 6.75. The number of hydrogen-bond donors (Lipinski definition) is 1. The Labute approximate surface area is 106 Å². The van der Waals surface area contributed by atoms with Crippen LogP contribution in [0.1, 0.15) is 46.5 Å². The molecule has 1 aliphatic carbocycles. The molecule has 1 saturated carbocycles. The molecule has 2 atom stereocenters. The third-order valence-corrected chi connectivity index (χ3v) is 4.60. The zero-order valence-electron chi connectivity index (χ0n) is 11.7. The van der Waals surface area contributed by atoms with Crippen LogP contribution in [0, 0.1) is 5.41 Å². The van der Waals surface area contributed by atoms with Crippen molar-refractivity contribution in [2.45, 2.75) is 58.1 Å². The maximum atomic E-state index is 6.15. The minimum Gasteiger partial charge on any atom is -0.376 e. The standard InChI is InChI=1S/C14H28N2O/c1-12-9-16(7-8-17-12)14(11-15)6-4-5-13(2,3)10-14/h12H,4-11,15H2,1-3H3. The second kappa shape index (κ2) is 4.87. The van der Waals surface area contributed by atoms with E-state index >= 15 is 0 Å². The fourth-order valence-electron chi connectivity index (χ4n) is 3.79. The van der Waals surface area contributed by atoms with Gasteiger partial charge >= 0.3 is 0 Å². The van der Waals surface area contributed by atoms with Gasteiger partial charge in [0.15, 0.2) is 0 Å². The SMILES string of the molecule is CC1CN(C2(CN)CCCC(C)(C)C2)CCO1. The lowest BCUT2D eigenvalue weighted by Gasteiger charge is -2.52. The summed E-state index contributed by atoms with van der Waals surface area (Å²) in [7, 11) is 0. The quantitative estimate of drug-likeness (QED) is 0.802. The molecule has 0 radical (unpaired) electrons. The van der Waals surface area contributed by atoms with E-state index in [2.05, 4.69) is 25.7 Å². The Hall–Kier alpha value is -0.120. The average Bonchev–Trinajstić information content (AvgIpc) is 2.27. The zero-order valence-corrected chi connectivity index (χ0v) is 11.7. The maximum Gasteiger partial charge on any atom is 0.0674 e. The van der Waals surface area contributed by atoms with Crippen molar-refractivity contribution >= 4 is 0 Å². The molecule has 0 bridgehead atoms. The lowest BCUT2D eigenvalue weighted by atomic mass is 9.67. The molecule has 0 aromatic heterocycles. The molecule has 1 aliphatic heterocycles. The van der Waals surface area contributed by atoms with E-state index in [0.717, 1.165) is 26.2 Å². The molecule has 0 spiro atoms. The van der Waals surface area contributed by atoms with Crippen LogP contribution in [0.4, 0.5) is 0 Å². The van der Waals surface area contributed by atoms with E-state index in [-0.39, 0.29) is 5.54 Å². The highest BCUT2D eigenvalue weighted by Crippen LogP contribution is 2.43. The van der Waals surface area contributed by atoms with Gasteiger partial charge in [-0.1, -0.05) is 20.3 Å². The Morgan fingerprint density at radius 3 is 2.71 bits per heavy atom. The van der Waals surface area contributed by atoms with Gasteiger partial charge in [0.2, 0.25) is 0 Å². The first-order chi connectivity index (χ1) is 7.97. The number of nitrogens with two attached hydrogens (primary N) is 1. The number of rotatable bonds is 2. The van der Waals surface area contributed by atoms with E-state index in [1.165, 1.54) is 25.7 Å². The Balaban J connectivity index is 2.12.